The second-order valence-electron chi connectivity index (χ2n) is 10.6. The van der Waals surface area contributed by atoms with Gasteiger partial charge < -0.3 is 15.1 Å². The van der Waals surface area contributed by atoms with E-state index in [9.17, 15) is 18.4 Å². The van der Waals surface area contributed by atoms with Gasteiger partial charge in [0.25, 0.3) is 5.91 Å². The highest BCUT2D eigenvalue weighted by Gasteiger charge is 2.44. The Labute approximate surface area is 215 Å². The van der Waals surface area contributed by atoms with E-state index in [-0.39, 0.29) is 23.1 Å². The highest BCUT2D eigenvalue weighted by atomic mass is 19.1. The van der Waals surface area contributed by atoms with Crippen LogP contribution in [-0.2, 0) is 0 Å². The molecule has 37 heavy (non-hydrogen) atoms. The van der Waals surface area contributed by atoms with E-state index in [1.165, 1.54) is 13.0 Å². The van der Waals surface area contributed by atoms with Crippen molar-refractivity contribution >= 4 is 11.9 Å². The molecule has 0 aromatic heterocycles. The molecule has 5 nitrogen and oxygen atoms in total. The molecule has 3 amide bonds. The quantitative estimate of drug-likeness (QED) is 0.491. The fraction of sp³-hybridized carbons (Fsp3) is 0.333. The number of nitrogens with one attached hydrogen (secondary N) is 1. The van der Waals surface area contributed by atoms with E-state index in [1.54, 1.807) is 4.90 Å². The molecule has 3 aromatic rings. The molecule has 3 aliphatic rings. The maximum Gasteiger partial charge on any atom is 0.318 e. The molecule has 6 rings (SSSR count). The van der Waals surface area contributed by atoms with Gasteiger partial charge in [-0.25, -0.2) is 13.6 Å². The van der Waals surface area contributed by atoms with Crippen molar-refractivity contribution in [3.63, 3.8) is 0 Å². The van der Waals surface area contributed by atoms with Gasteiger partial charge in [0.05, 0.1) is 6.04 Å². The zero-order chi connectivity index (χ0) is 25.7. The summed E-state index contributed by atoms with van der Waals surface area (Å²) in [6.45, 7) is 3.63. The number of carbonyl (C=O) groups is 2. The molecule has 2 heterocycles. The normalized spacial score (nSPS) is 18.1. The van der Waals surface area contributed by atoms with Gasteiger partial charge in [-0.3, -0.25) is 4.79 Å². The Balaban J connectivity index is 1.12. The van der Waals surface area contributed by atoms with Gasteiger partial charge in [0, 0.05) is 26.2 Å². The topological polar surface area (TPSA) is 52.7 Å². The van der Waals surface area contributed by atoms with E-state index in [4.69, 9.17) is 0 Å². The smallest absolute Gasteiger partial charge is 0.318 e. The first kappa shape index (κ1) is 23.6. The number of carbonyl (C=O) groups excluding carboxylic acids is 2. The van der Waals surface area contributed by atoms with Gasteiger partial charge in [-0.15, -0.1) is 0 Å². The van der Waals surface area contributed by atoms with Gasteiger partial charge in [-0.05, 0) is 65.5 Å². The number of hydrogen-bond donors (Lipinski definition) is 1. The molecular weight excluding hydrogens is 472 g/mol. The SMILES string of the molecule is Cc1ccc(F)c(C(=O)N2CCC3(CCN(C(=O)NC4c5ccccc5-c5ccccc54)C3)CC2)c1F. The molecule has 2 saturated heterocycles. The zero-order valence-electron chi connectivity index (χ0n) is 20.8. The number of fused-ring (bicyclic) bond motifs is 3. The number of amides is 3. The molecule has 7 heteroatoms. The van der Waals surface area contributed by atoms with Gasteiger partial charge in [0.1, 0.15) is 17.2 Å². The average Bonchev–Trinajstić information content (AvgIpc) is 3.47. The Morgan fingerprint density at radius 2 is 1.41 bits per heavy atom. The largest absolute Gasteiger partial charge is 0.338 e. The van der Waals surface area contributed by atoms with Crippen LogP contribution in [0.2, 0.25) is 0 Å². The van der Waals surface area contributed by atoms with Crippen molar-refractivity contribution in [2.75, 3.05) is 26.2 Å². The Morgan fingerprint density at radius 1 is 0.838 bits per heavy atom. The molecule has 2 aliphatic heterocycles. The van der Waals surface area contributed by atoms with Crippen molar-refractivity contribution in [3.8, 4) is 11.1 Å². The van der Waals surface area contributed by atoms with Crippen LogP contribution in [0.3, 0.4) is 0 Å². The first-order chi connectivity index (χ1) is 17.9. The summed E-state index contributed by atoms with van der Waals surface area (Å²) in [5, 5.41) is 3.26. The lowest BCUT2D eigenvalue weighted by Gasteiger charge is -2.39. The highest BCUT2D eigenvalue weighted by molar-refractivity contribution is 5.95. The molecule has 0 unspecified atom stereocenters. The molecule has 0 bridgehead atoms. The third-order valence-corrected chi connectivity index (χ3v) is 8.44. The minimum absolute atomic E-state index is 0.0801. The van der Waals surface area contributed by atoms with Crippen LogP contribution < -0.4 is 5.32 Å². The number of urea groups is 1. The van der Waals surface area contributed by atoms with Gasteiger partial charge in [-0.2, -0.15) is 0 Å². The fourth-order valence-corrected chi connectivity index (χ4v) is 6.24. The van der Waals surface area contributed by atoms with Crippen molar-refractivity contribution in [2.24, 2.45) is 5.41 Å². The van der Waals surface area contributed by atoms with Crippen molar-refractivity contribution in [1.29, 1.82) is 0 Å². The summed E-state index contributed by atoms with van der Waals surface area (Å²) >= 11 is 0. The van der Waals surface area contributed by atoms with Crippen molar-refractivity contribution in [3.05, 3.63) is 94.6 Å². The predicted molar refractivity (Wildman–Crippen MR) is 137 cm³/mol. The van der Waals surface area contributed by atoms with Crippen LogP contribution in [0.15, 0.2) is 60.7 Å². The molecule has 0 saturated carbocycles. The average molecular weight is 502 g/mol. The summed E-state index contributed by atoms with van der Waals surface area (Å²) in [6.07, 6.45) is 2.26. The van der Waals surface area contributed by atoms with Crippen LogP contribution in [-0.4, -0.2) is 47.9 Å². The molecule has 0 radical (unpaired) electrons. The molecule has 2 fully saturated rings. The number of benzene rings is 3. The van der Waals surface area contributed by atoms with E-state index in [0.29, 0.717) is 39.0 Å². The van der Waals surface area contributed by atoms with Crippen LogP contribution >= 0.6 is 0 Å². The van der Waals surface area contributed by atoms with Crippen LogP contribution in [0.1, 0.15) is 52.4 Å². The van der Waals surface area contributed by atoms with Crippen molar-refractivity contribution in [2.45, 2.75) is 32.2 Å². The number of piperidine rings is 1. The molecule has 0 atom stereocenters. The maximum absolute atomic E-state index is 14.5. The lowest BCUT2D eigenvalue weighted by atomic mass is 9.77. The summed E-state index contributed by atoms with van der Waals surface area (Å²) < 4.78 is 28.8. The first-order valence-corrected chi connectivity index (χ1v) is 12.8. The lowest BCUT2D eigenvalue weighted by Crippen LogP contribution is -2.46. The number of nitrogens with zero attached hydrogens (tertiary/aromatic N) is 2. The second kappa shape index (κ2) is 8.98. The van der Waals surface area contributed by atoms with E-state index >= 15 is 0 Å². The Kier molecular flexibility index (Phi) is 5.74. The van der Waals surface area contributed by atoms with Crippen molar-refractivity contribution < 1.29 is 18.4 Å². The summed E-state index contributed by atoms with van der Waals surface area (Å²) in [4.78, 5) is 29.7. The lowest BCUT2D eigenvalue weighted by molar-refractivity contribution is 0.0584. The van der Waals surface area contributed by atoms with Crippen LogP contribution in [0.5, 0.6) is 0 Å². The maximum atomic E-state index is 14.5. The summed E-state index contributed by atoms with van der Waals surface area (Å²) in [7, 11) is 0. The second-order valence-corrected chi connectivity index (χ2v) is 10.6. The fourth-order valence-electron chi connectivity index (χ4n) is 6.24. The number of rotatable bonds is 2. The minimum Gasteiger partial charge on any atom is -0.338 e. The third kappa shape index (κ3) is 3.97. The highest BCUT2D eigenvalue weighted by Crippen LogP contribution is 2.44. The van der Waals surface area contributed by atoms with Gasteiger partial charge in [-0.1, -0.05) is 54.6 Å². The van der Waals surface area contributed by atoms with E-state index in [1.807, 2.05) is 29.2 Å². The standard InChI is InChI=1S/C30H29F2N3O2/c1-19-10-11-24(31)25(26(19)32)28(36)34-15-12-30(13-16-34)14-17-35(18-30)29(37)33-27-22-8-4-2-6-20(22)21-7-3-5-9-23(21)27/h2-11,27H,12-18H2,1H3,(H,33,37). The number of aryl methyl sites for hydroxylation is 1. The number of halogens is 2. The Morgan fingerprint density at radius 3 is 2.03 bits per heavy atom. The monoisotopic (exact) mass is 501 g/mol. The van der Waals surface area contributed by atoms with E-state index < -0.39 is 23.1 Å². The third-order valence-electron chi connectivity index (χ3n) is 8.44. The summed E-state index contributed by atoms with van der Waals surface area (Å²) in [6, 6.07) is 18.6. The van der Waals surface area contributed by atoms with Crippen LogP contribution in [0, 0.1) is 24.0 Å². The molecule has 3 aromatic carbocycles. The predicted octanol–water partition coefficient (Wildman–Crippen LogP) is 5.68. The van der Waals surface area contributed by atoms with Crippen molar-refractivity contribution in [1.82, 2.24) is 15.1 Å². The van der Waals surface area contributed by atoms with E-state index in [0.717, 1.165) is 34.7 Å². The van der Waals surface area contributed by atoms with Gasteiger partial charge in [0.15, 0.2) is 0 Å². The molecule has 1 N–H and O–H groups in total. The zero-order valence-corrected chi connectivity index (χ0v) is 20.8. The van der Waals surface area contributed by atoms with E-state index in [2.05, 4.69) is 29.6 Å². The van der Waals surface area contributed by atoms with Crippen LogP contribution in [0.25, 0.3) is 11.1 Å². The number of hydrogen-bond acceptors (Lipinski definition) is 2. The Bertz CT molecular complexity index is 1350. The first-order valence-electron chi connectivity index (χ1n) is 12.8. The molecule has 1 spiro atoms. The molecule has 1 aliphatic carbocycles. The summed E-state index contributed by atoms with van der Waals surface area (Å²) in [5.41, 5.74) is 4.22. The van der Waals surface area contributed by atoms with Gasteiger partial charge >= 0.3 is 6.03 Å². The minimum atomic E-state index is -0.827. The van der Waals surface area contributed by atoms with Crippen LogP contribution in [0.4, 0.5) is 13.6 Å². The van der Waals surface area contributed by atoms with Gasteiger partial charge in [0.2, 0.25) is 0 Å². The molecular formula is C30H29F2N3O2. The number of likely N-dealkylation sites (tertiary alicyclic amines) is 2. The summed E-state index contributed by atoms with van der Waals surface area (Å²) in [5.74, 6) is -2.21. The Hall–Kier alpha value is -3.74. The molecule has 190 valence electrons.